The van der Waals surface area contributed by atoms with Gasteiger partial charge < -0.3 is 15.9 Å². The van der Waals surface area contributed by atoms with Crippen molar-refractivity contribution in [2.75, 3.05) is 0 Å². The number of pyridine rings is 1. The van der Waals surface area contributed by atoms with Crippen LogP contribution in [0.4, 0.5) is 0 Å². The van der Waals surface area contributed by atoms with Crippen molar-refractivity contribution in [2.45, 2.75) is 10.2 Å². The molecule has 0 atom stereocenters. The molecule has 0 amide bonds. The van der Waals surface area contributed by atoms with Crippen molar-refractivity contribution in [1.82, 2.24) is 15.0 Å². The van der Waals surface area contributed by atoms with E-state index in [1.54, 1.807) is 24.5 Å². The fourth-order valence-corrected chi connectivity index (χ4v) is 1.80. The summed E-state index contributed by atoms with van der Waals surface area (Å²) in [7, 11) is 0. The average Bonchev–Trinajstić information content (AvgIpc) is 2.81. The number of H-pyrrole nitrogens is 1. The van der Waals surface area contributed by atoms with E-state index in [-0.39, 0.29) is 5.84 Å². The lowest BCUT2D eigenvalue weighted by atomic mass is 10.3. The Morgan fingerprint density at radius 2 is 2.38 bits per heavy atom. The number of nitrogens with zero attached hydrogens (tertiary/aromatic N) is 3. The highest BCUT2D eigenvalue weighted by molar-refractivity contribution is 7.99. The van der Waals surface area contributed by atoms with Crippen molar-refractivity contribution in [2.24, 2.45) is 10.9 Å². The predicted molar refractivity (Wildman–Crippen MR) is 59.5 cm³/mol. The van der Waals surface area contributed by atoms with Crippen molar-refractivity contribution in [3.05, 3.63) is 36.3 Å². The Morgan fingerprint density at radius 3 is 3.06 bits per heavy atom. The molecule has 0 saturated carbocycles. The van der Waals surface area contributed by atoms with Gasteiger partial charge in [-0.05, 0) is 23.9 Å². The minimum Gasteiger partial charge on any atom is -0.409 e. The number of nitrogens with one attached hydrogen (secondary N) is 1. The quantitative estimate of drug-likeness (QED) is 0.319. The summed E-state index contributed by atoms with van der Waals surface area (Å²) in [5, 5.41) is 12.9. The number of rotatable bonds is 3. The number of aromatic nitrogens is 3. The van der Waals surface area contributed by atoms with Gasteiger partial charge >= 0.3 is 0 Å². The first-order chi connectivity index (χ1) is 7.79. The number of hydrogen-bond acceptors (Lipinski definition) is 5. The van der Waals surface area contributed by atoms with Gasteiger partial charge in [-0.3, -0.25) is 0 Å². The van der Waals surface area contributed by atoms with E-state index in [9.17, 15) is 0 Å². The molecular formula is C9H9N5OS. The number of hydrogen-bond donors (Lipinski definition) is 3. The van der Waals surface area contributed by atoms with E-state index in [2.05, 4.69) is 20.1 Å². The van der Waals surface area contributed by atoms with Crippen molar-refractivity contribution >= 4 is 17.6 Å². The first kappa shape index (κ1) is 10.5. The summed E-state index contributed by atoms with van der Waals surface area (Å²) < 4.78 is 0. The van der Waals surface area contributed by atoms with Gasteiger partial charge in [-0.1, -0.05) is 11.2 Å². The fraction of sp³-hybridized carbons (Fsp3) is 0. The molecule has 82 valence electrons. The second-order valence-corrected chi connectivity index (χ2v) is 3.85. The van der Waals surface area contributed by atoms with Crippen LogP contribution in [0, 0.1) is 0 Å². The number of imidazole rings is 1. The van der Waals surface area contributed by atoms with Crippen LogP contribution in [0.5, 0.6) is 0 Å². The highest BCUT2D eigenvalue weighted by Gasteiger charge is 2.04. The SMILES string of the molecule is N/C(=N/O)c1cccc(Sc2ncc[nH]2)n1. The molecule has 0 aliphatic carbocycles. The molecule has 0 aliphatic heterocycles. The van der Waals surface area contributed by atoms with Crippen LogP contribution < -0.4 is 5.73 Å². The molecule has 4 N–H and O–H groups in total. The zero-order valence-corrected chi connectivity index (χ0v) is 8.98. The highest BCUT2D eigenvalue weighted by Crippen LogP contribution is 2.21. The lowest BCUT2D eigenvalue weighted by Gasteiger charge is -2.00. The minimum absolute atomic E-state index is 0.0121. The van der Waals surface area contributed by atoms with Crippen LogP contribution in [0.1, 0.15) is 5.69 Å². The van der Waals surface area contributed by atoms with E-state index < -0.39 is 0 Å². The lowest BCUT2D eigenvalue weighted by Crippen LogP contribution is -2.14. The Kier molecular flexibility index (Phi) is 3.06. The molecule has 0 bridgehead atoms. The van der Waals surface area contributed by atoms with Gasteiger partial charge in [-0.25, -0.2) is 9.97 Å². The van der Waals surface area contributed by atoms with E-state index in [0.29, 0.717) is 5.69 Å². The van der Waals surface area contributed by atoms with Crippen molar-refractivity contribution in [1.29, 1.82) is 0 Å². The van der Waals surface area contributed by atoms with Gasteiger partial charge in [0.05, 0.1) is 0 Å². The summed E-state index contributed by atoms with van der Waals surface area (Å²) >= 11 is 1.37. The Bertz CT molecular complexity index is 496. The first-order valence-corrected chi connectivity index (χ1v) is 5.23. The number of nitrogens with two attached hydrogens (primary N) is 1. The molecule has 16 heavy (non-hydrogen) atoms. The normalized spacial score (nSPS) is 11.6. The third-order valence-electron chi connectivity index (χ3n) is 1.77. The van der Waals surface area contributed by atoms with Gasteiger partial charge in [-0.15, -0.1) is 0 Å². The molecule has 0 fully saturated rings. The topological polar surface area (TPSA) is 100 Å². The molecule has 0 aliphatic rings. The van der Waals surface area contributed by atoms with Gasteiger partial charge in [0.15, 0.2) is 11.0 Å². The molecule has 0 aromatic carbocycles. The van der Waals surface area contributed by atoms with Crippen LogP contribution in [-0.4, -0.2) is 26.0 Å². The lowest BCUT2D eigenvalue weighted by molar-refractivity contribution is 0.318. The molecule has 2 heterocycles. The summed E-state index contributed by atoms with van der Waals surface area (Å²) in [5.41, 5.74) is 5.87. The third kappa shape index (κ3) is 2.31. The van der Waals surface area contributed by atoms with Gasteiger partial charge in [0, 0.05) is 12.4 Å². The van der Waals surface area contributed by atoms with Crippen LogP contribution in [0.2, 0.25) is 0 Å². The standard InChI is InChI=1S/C9H9N5OS/c10-8(14-15)6-2-1-3-7(13-6)16-9-11-4-5-12-9/h1-5,15H,(H2,10,14)(H,11,12). The van der Waals surface area contributed by atoms with E-state index in [1.807, 2.05) is 6.07 Å². The van der Waals surface area contributed by atoms with Crippen molar-refractivity contribution in [3.63, 3.8) is 0 Å². The van der Waals surface area contributed by atoms with Crippen LogP contribution in [-0.2, 0) is 0 Å². The second kappa shape index (κ2) is 4.67. The predicted octanol–water partition coefficient (Wildman–Crippen LogP) is 1.05. The Labute approximate surface area is 95.6 Å². The Morgan fingerprint density at radius 1 is 1.50 bits per heavy atom. The summed E-state index contributed by atoms with van der Waals surface area (Å²) in [6.45, 7) is 0. The molecule has 2 rings (SSSR count). The van der Waals surface area contributed by atoms with E-state index in [0.717, 1.165) is 10.2 Å². The first-order valence-electron chi connectivity index (χ1n) is 4.42. The summed E-state index contributed by atoms with van der Waals surface area (Å²) in [4.78, 5) is 11.2. The zero-order chi connectivity index (χ0) is 11.4. The Balaban J connectivity index is 2.23. The number of oxime groups is 1. The van der Waals surface area contributed by atoms with Crippen LogP contribution in [0.15, 0.2) is 45.9 Å². The maximum Gasteiger partial charge on any atom is 0.188 e. The summed E-state index contributed by atoms with van der Waals surface area (Å²) in [6.07, 6.45) is 3.39. The molecular weight excluding hydrogens is 226 g/mol. The number of amidine groups is 1. The van der Waals surface area contributed by atoms with Gasteiger partial charge in [0.1, 0.15) is 10.7 Å². The Hall–Kier alpha value is -2.02. The molecule has 0 radical (unpaired) electrons. The highest BCUT2D eigenvalue weighted by atomic mass is 32.2. The van der Waals surface area contributed by atoms with Gasteiger partial charge in [0.25, 0.3) is 0 Å². The number of aromatic amines is 1. The van der Waals surface area contributed by atoms with E-state index in [1.165, 1.54) is 11.8 Å². The minimum atomic E-state index is -0.0121. The molecule has 0 unspecified atom stereocenters. The van der Waals surface area contributed by atoms with Crippen molar-refractivity contribution < 1.29 is 5.21 Å². The molecule has 0 spiro atoms. The van der Waals surface area contributed by atoms with E-state index >= 15 is 0 Å². The molecule has 6 nitrogen and oxygen atoms in total. The molecule has 2 aromatic heterocycles. The summed E-state index contributed by atoms with van der Waals surface area (Å²) in [6, 6.07) is 5.27. The van der Waals surface area contributed by atoms with Crippen molar-refractivity contribution in [3.8, 4) is 0 Å². The smallest absolute Gasteiger partial charge is 0.188 e. The average molecular weight is 235 g/mol. The molecule has 2 aromatic rings. The second-order valence-electron chi connectivity index (χ2n) is 2.84. The molecule has 0 saturated heterocycles. The van der Waals surface area contributed by atoms with Crippen LogP contribution >= 0.6 is 11.8 Å². The molecule has 7 heteroatoms. The van der Waals surface area contributed by atoms with Gasteiger partial charge in [-0.2, -0.15) is 0 Å². The maximum absolute atomic E-state index is 8.53. The fourth-order valence-electron chi connectivity index (χ4n) is 1.07. The third-order valence-corrected chi connectivity index (χ3v) is 2.62. The monoisotopic (exact) mass is 235 g/mol. The largest absolute Gasteiger partial charge is 0.409 e. The summed E-state index contributed by atoms with van der Waals surface area (Å²) in [5.74, 6) is -0.0121. The van der Waals surface area contributed by atoms with Crippen LogP contribution in [0.3, 0.4) is 0 Å². The maximum atomic E-state index is 8.53. The van der Waals surface area contributed by atoms with E-state index in [4.69, 9.17) is 10.9 Å². The van der Waals surface area contributed by atoms with Crippen LogP contribution in [0.25, 0.3) is 0 Å². The van der Waals surface area contributed by atoms with Gasteiger partial charge in [0.2, 0.25) is 0 Å². The zero-order valence-electron chi connectivity index (χ0n) is 8.16.